The summed E-state index contributed by atoms with van der Waals surface area (Å²) in [7, 11) is 0. The van der Waals surface area contributed by atoms with E-state index in [4.69, 9.17) is 9.72 Å². The summed E-state index contributed by atoms with van der Waals surface area (Å²) < 4.78 is 6.74. The third-order valence-electron chi connectivity index (χ3n) is 4.41. The van der Waals surface area contributed by atoms with E-state index >= 15 is 0 Å². The number of nitrogens with zero attached hydrogens (tertiary/aromatic N) is 1. The molecule has 4 nitrogen and oxygen atoms in total. The highest BCUT2D eigenvalue weighted by atomic mass is 32.1. The van der Waals surface area contributed by atoms with E-state index in [-0.39, 0.29) is 12.5 Å². The summed E-state index contributed by atoms with van der Waals surface area (Å²) in [5, 5.41) is 3.89. The summed E-state index contributed by atoms with van der Waals surface area (Å²) in [4.78, 5) is 17.1. The van der Waals surface area contributed by atoms with E-state index in [1.54, 1.807) is 11.3 Å². The lowest BCUT2D eigenvalue weighted by atomic mass is 10.1. The van der Waals surface area contributed by atoms with Crippen LogP contribution in [0.3, 0.4) is 0 Å². The maximum Gasteiger partial charge on any atom is 0.262 e. The van der Waals surface area contributed by atoms with Gasteiger partial charge in [0.2, 0.25) is 0 Å². The van der Waals surface area contributed by atoms with Crippen LogP contribution in [0.1, 0.15) is 11.1 Å². The molecule has 1 aromatic heterocycles. The van der Waals surface area contributed by atoms with Gasteiger partial charge in [0.1, 0.15) is 10.8 Å². The predicted molar refractivity (Wildman–Crippen MR) is 115 cm³/mol. The van der Waals surface area contributed by atoms with Crippen LogP contribution in [0.15, 0.2) is 66.7 Å². The number of carbonyl (C=O) groups excluding carboxylic acids is 1. The Balaban J connectivity index is 1.49. The Kier molecular flexibility index (Phi) is 5.08. The van der Waals surface area contributed by atoms with Crippen LogP contribution in [0.25, 0.3) is 20.8 Å². The Morgan fingerprint density at radius 2 is 1.89 bits per heavy atom. The van der Waals surface area contributed by atoms with E-state index in [1.807, 2.05) is 74.5 Å². The number of anilines is 1. The van der Waals surface area contributed by atoms with Crippen LogP contribution in [0.5, 0.6) is 5.75 Å². The summed E-state index contributed by atoms with van der Waals surface area (Å²) in [6.07, 6.45) is 0. The second-order valence-electron chi connectivity index (χ2n) is 6.67. The van der Waals surface area contributed by atoms with Gasteiger partial charge in [0, 0.05) is 11.3 Å². The molecule has 0 spiro atoms. The Morgan fingerprint density at radius 1 is 1.04 bits per heavy atom. The van der Waals surface area contributed by atoms with Gasteiger partial charge in [-0.2, -0.15) is 0 Å². The molecule has 0 saturated heterocycles. The number of ether oxygens (including phenoxy) is 1. The number of aryl methyl sites for hydroxylation is 2. The lowest BCUT2D eigenvalue weighted by Crippen LogP contribution is -2.20. The first-order valence-corrected chi connectivity index (χ1v) is 9.86. The van der Waals surface area contributed by atoms with Gasteiger partial charge < -0.3 is 10.1 Å². The van der Waals surface area contributed by atoms with Gasteiger partial charge in [-0.1, -0.05) is 36.4 Å². The van der Waals surface area contributed by atoms with Gasteiger partial charge in [-0.3, -0.25) is 4.79 Å². The number of aromatic nitrogens is 1. The quantitative estimate of drug-likeness (QED) is 0.484. The van der Waals surface area contributed by atoms with Gasteiger partial charge in [-0.25, -0.2) is 4.98 Å². The molecular formula is C23H20N2O2S. The van der Waals surface area contributed by atoms with Crippen LogP contribution in [0.2, 0.25) is 0 Å². The molecule has 4 aromatic rings. The molecule has 3 aromatic carbocycles. The van der Waals surface area contributed by atoms with Crippen LogP contribution < -0.4 is 10.1 Å². The highest BCUT2D eigenvalue weighted by Crippen LogP contribution is 2.32. The maximum absolute atomic E-state index is 12.4. The smallest absolute Gasteiger partial charge is 0.262 e. The van der Waals surface area contributed by atoms with Crippen molar-refractivity contribution >= 4 is 33.1 Å². The van der Waals surface area contributed by atoms with Crippen molar-refractivity contribution < 1.29 is 9.53 Å². The number of hydrogen-bond donors (Lipinski definition) is 1. The molecule has 1 N–H and O–H groups in total. The number of carbonyl (C=O) groups is 1. The number of benzene rings is 3. The Labute approximate surface area is 167 Å². The first-order valence-electron chi connectivity index (χ1n) is 9.04. The predicted octanol–water partition coefficient (Wildman–Crippen LogP) is 5.60. The molecule has 0 fully saturated rings. The van der Waals surface area contributed by atoms with Crippen LogP contribution in [-0.2, 0) is 4.79 Å². The minimum Gasteiger partial charge on any atom is -0.484 e. The lowest BCUT2D eigenvalue weighted by molar-refractivity contribution is -0.118. The van der Waals surface area contributed by atoms with Gasteiger partial charge in [0.15, 0.2) is 6.61 Å². The van der Waals surface area contributed by atoms with Crippen molar-refractivity contribution in [2.45, 2.75) is 13.8 Å². The van der Waals surface area contributed by atoms with Crippen molar-refractivity contribution in [3.8, 4) is 16.3 Å². The fourth-order valence-corrected chi connectivity index (χ4v) is 3.89. The third kappa shape index (κ3) is 4.05. The number of fused-ring (bicyclic) bond motifs is 1. The molecular weight excluding hydrogens is 368 g/mol. The van der Waals surface area contributed by atoms with E-state index < -0.39 is 0 Å². The number of thiazole rings is 1. The van der Waals surface area contributed by atoms with Crippen LogP contribution in [-0.4, -0.2) is 17.5 Å². The summed E-state index contributed by atoms with van der Waals surface area (Å²) >= 11 is 1.64. The standard InChI is InChI=1S/C23H20N2O2S/c1-15-6-5-7-18(12-15)27-14-22(26)24-20-13-17(11-10-16(20)2)23-25-19-8-3-4-9-21(19)28-23/h3-13H,14H2,1-2H3,(H,24,26). The van der Waals surface area contributed by atoms with E-state index in [0.717, 1.165) is 37.6 Å². The Hall–Kier alpha value is -3.18. The van der Waals surface area contributed by atoms with Crippen molar-refractivity contribution in [2.24, 2.45) is 0 Å². The van der Waals surface area contributed by atoms with E-state index in [9.17, 15) is 4.79 Å². The van der Waals surface area contributed by atoms with Crippen LogP contribution in [0.4, 0.5) is 5.69 Å². The number of nitrogens with one attached hydrogen (secondary N) is 1. The first kappa shape index (κ1) is 18.2. The van der Waals surface area contributed by atoms with Crippen molar-refractivity contribution in [1.29, 1.82) is 0 Å². The van der Waals surface area contributed by atoms with Gasteiger partial charge in [-0.15, -0.1) is 11.3 Å². The summed E-state index contributed by atoms with van der Waals surface area (Å²) in [6, 6.07) is 21.7. The lowest BCUT2D eigenvalue weighted by Gasteiger charge is -2.11. The zero-order valence-electron chi connectivity index (χ0n) is 15.7. The fraction of sp³-hybridized carbons (Fsp3) is 0.130. The van der Waals surface area contributed by atoms with Gasteiger partial charge in [0.05, 0.1) is 10.2 Å². The maximum atomic E-state index is 12.4. The molecule has 0 aliphatic rings. The highest BCUT2D eigenvalue weighted by molar-refractivity contribution is 7.21. The highest BCUT2D eigenvalue weighted by Gasteiger charge is 2.10. The molecule has 0 aliphatic carbocycles. The topological polar surface area (TPSA) is 51.2 Å². The molecule has 140 valence electrons. The molecule has 5 heteroatoms. The molecule has 0 unspecified atom stereocenters. The molecule has 28 heavy (non-hydrogen) atoms. The number of amides is 1. The van der Waals surface area contributed by atoms with Crippen molar-refractivity contribution in [3.63, 3.8) is 0 Å². The fourth-order valence-electron chi connectivity index (χ4n) is 2.93. The van der Waals surface area contributed by atoms with Crippen LogP contribution in [0, 0.1) is 13.8 Å². The largest absolute Gasteiger partial charge is 0.484 e. The van der Waals surface area contributed by atoms with Gasteiger partial charge in [0.25, 0.3) is 5.91 Å². The molecule has 0 saturated carbocycles. The average Bonchev–Trinajstić information content (AvgIpc) is 3.12. The van der Waals surface area contributed by atoms with E-state index in [0.29, 0.717) is 5.75 Å². The SMILES string of the molecule is Cc1cccc(OCC(=O)Nc2cc(-c3nc4ccccc4s3)ccc2C)c1. The number of hydrogen-bond acceptors (Lipinski definition) is 4. The van der Waals surface area contributed by atoms with Gasteiger partial charge >= 0.3 is 0 Å². The number of rotatable bonds is 5. The normalized spacial score (nSPS) is 10.8. The van der Waals surface area contributed by atoms with Crippen molar-refractivity contribution in [1.82, 2.24) is 4.98 Å². The summed E-state index contributed by atoms with van der Waals surface area (Å²) in [5.74, 6) is 0.501. The van der Waals surface area contributed by atoms with Crippen molar-refractivity contribution in [3.05, 3.63) is 77.9 Å². The average molecular weight is 388 g/mol. The molecule has 0 aliphatic heterocycles. The molecule has 1 amide bonds. The molecule has 0 bridgehead atoms. The Morgan fingerprint density at radius 3 is 2.71 bits per heavy atom. The molecule has 0 radical (unpaired) electrons. The Bertz CT molecular complexity index is 1120. The van der Waals surface area contributed by atoms with Crippen LogP contribution >= 0.6 is 11.3 Å². The van der Waals surface area contributed by atoms with Gasteiger partial charge in [-0.05, 0) is 55.3 Å². The molecule has 1 heterocycles. The molecule has 0 atom stereocenters. The number of para-hydroxylation sites is 1. The first-order chi connectivity index (χ1) is 13.6. The zero-order chi connectivity index (χ0) is 19.5. The zero-order valence-corrected chi connectivity index (χ0v) is 16.5. The molecule has 4 rings (SSSR count). The minimum absolute atomic E-state index is 0.0335. The second-order valence-corrected chi connectivity index (χ2v) is 7.70. The summed E-state index contributed by atoms with van der Waals surface area (Å²) in [6.45, 7) is 3.93. The third-order valence-corrected chi connectivity index (χ3v) is 5.50. The second kappa shape index (κ2) is 7.82. The summed E-state index contributed by atoms with van der Waals surface area (Å²) in [5.41, 5.74) is 4.84. The minimum atomic E-state index is -0.189. The monoisotopic (exact) mass is 388 g/mol. The van der Waals surface area contributed by atoms with Crippen molar-refractivity contribution in [2.75, 3.05) is 11.9 Å². The van der Waals surface area contributed by atoms with E-state index in [1.165, 1.54) is 0 Å². The van der Waals surface area contributed by atoms with E-state index in [2.05, 4.69) is 11.4 Å².